The third-order valence-electron chi connectivity index (χ3n) is 5.69. The summed E-state index contributed by atoms with van der Waals surface area (Å²) in [7, 11) is 0. The second-order valence-electron chi connectivity index (χ2n) is 8.31. The third-order valence-corrected chi connectivity index (χ3v) is 7.11. The van der Waals surface area contributed by atoms with Crippen LogP contribution in [-0.2, 0) is 18.9 Å². The summed E-state index contributed by atoms with van der Waals surface area (Å²) in [6, 6.07) is 11.4. The van der Waals surface area contributed by atoms with Crippen LogP contribution in [0.25, 0.3) is 11.0 Å². The summed E-state index contributed by atoms with van der Waals surface area (Å²) in [6.45, 7) is 4.88. The molecule has 0 atom stereocenters. The van der Waals surface area contributed by atoms with Gasteiger partial charge in [0.15, 0.2) is 22.5 Å². The van der Waals surface area contributed by atoms with Crippen LogP contribution in [0.4, 0.5) is 4.39 Å². The summed E-state index contributed by atoms with van der Waals surface area (Å²) in [6.07, 6.45) is 4.35. The van der Waals surface area contributed by atoms with Gasteiger partial charge in [-0.05, 0) is 48.7 Å². The maximum absolute atomic E-state index is 14.0. The zero-order valence-corrected chi connectivity index (χ0v) is 21.3. The Morgan fingerprint density at radius 2 is 1.97 bits per heavy atom. The first-order valence-electron chi connectivity index (χ1n) is 11.6. The number of benzene rings is 2. The van der Waals surface area contributed by atoms with Crippen LogP contribution >= 0.6 is 23.4 Å². The van der Waals surface area contributed by atoms with Gasteiger partial charge >= 0.3 is 5.63 Å². The van der Waals surface area contributed by atoms with Gasteiger partial charge in [0.25, 0.3) is 0 Å². The van der Waals surface area contributed by atoms with Gasteiger partial charge in [-0.3, -0.25) is 0 Å². The predicted molar refractivity (Wildman–Crippen MR) is 137 cm³/mol. The zero-order chi connectivity index (χ0) is 24.8. The number of aryl methyl sites for hydroxylation is 1. The van der Waals surface area contributed by atoms with Crippen LogP contribution in [0.1, 0.15) is 49.6 Å². The van der Waals surface area contributed by atoms with Crippen LogP contribution in [0.15, 0.2) is 56.8 Å². The Morgan fingerprint density at radius 1 is 1.14 bits per heavy atom. The van der Waals surface area contributed by atoms with Gasteiger partial charge in [-0.1, -0.05) is 61.7 Å². The number of ether oxygens (including phenoxy) is 1. The van der Waals surface area contributed by atoms with Crippen LogP contribution in [0.2, 0.25) is 5.02 Å². The lowest BCUT2D eigenvalue weighted by molar-refractivity contribution is 0.273. The molecule has 4 rings (SSSR count). The Balaban J connectivity index is 1.56. The summed E-state index contributed by atoms with van der Waals surface area (Å²) in [5, 5.41) is 10.8. The number of hydrogen-bond acceptors (Lipinski definition) is 6. The molecule has 0 unspecified atom stereocenters. The zero-order valence-electron chi connectivity index (χ0n) is 19.7. The topological polar surface area (TPSA) is 70.2 Å². The number of para-hydroxylation sites is 1. The highest BCUT2D eigenvalue weighted by Crippen LogP contribution is 2.30. The molecule has 2 heterocycles. The largest absolute Gasteiger partial charge is 0.483 e. The van der Waals surface area contributed by atoms with E-state index in [-0.39, 0.29) is 12.4 Å². The molecule has 6 nitrogen and oxygen atoms in total. The van der Waals surface area contributed by atoms with E-state index in [0.717, 1.165) is 48.7 Å². The second kappa shape index (κ2) is 11.7. The molecule has 2 aromatic heterocycles. The highest BCUT2D eigenvalue weighted by Gasteiger charge is 2.16. The molecule has 0 N–H and O–H groups in total. The molecule has 0 radical (unpaired) electrons. The Morgan fingerprint density at radius 3 is 2.77 bits per heavy atom. The van der Waals surface area contributed by atoms with Crippen molar-refractivity contribution in [3.63, 3.8) is 0 Å². The van der Waals surface area contributed by atoms with Crippen molar-refractivity contribution >= 4 is 34.3 Å². The lowest BCUT2D eigenvalue weighted by Gasteiger charge is -2.12. The molecule has 0 aliphatic heterocycles. The smallest absolute Gasteiger partial charge is 0.336 e. The highest BCUT2D eigenvalue weighted by atomic mass is 35.5. The lowest BCUT2D eigenvalue weighted by Crippen LogP contribution is -2.09. The van der Waals surface area contributed by atoms with Crippen LogP contribution in [-0.4, -0.2) is 14.8 Å². The maximum Gasteiger partial charge on any atom is 0.336 e. The number of thioether (sulfide) groups is 1. The Labute approximate surface area is 212 Å². The van der Waals surface area contributed by atoms with Crippen molar-refractivity contribution in [1.82, 2.24) is 14.8 Å². The van der Waals surface area contributed by atoms with Gasteiger partial charge in [-0.2, -0.15) is 0 Å². The van der Waals surface area contributed by atoms with Crippen LogP contribution in [0, 0.1) is 12.7 Å². The minimum absolute atomic E-state index is 0.106. The van der Waals surface area contributed by atoms with Gasteiger partial charge in [0, 0.05) is 28.8 Å². The van der Waals surface area contributed by atoms with E-state index in [1.165, 1.54) is 23.9 Å². The summed E-state index contributed by atoms with van der Waals surface area (Å²) >= 11 is 7.81. The van der Waals surface area contributed by atoms with Crippen LogP contribution in [0.3, 0.4) is 0 Å². The molecule has 0 bridgehead atoms. The summed E-state index contributed by atoms with van der Waals surface area (Å²) in [5.74, 6) is 0.878. The van der Waals surface area contributed by atoms with Crippen molar-refractivity contribution in [2.45, 2.75) is 63.6 Å². The van der Waals surface area contributed by atoms with E-state index in [2.05, 4.69) is 17.1 Å². The number of aromatic nitrogens is 3. The van der Waals surface area contributed by atoms with Crippen LogP contribution in [0.5, 0.6) is 5.75 Å². The predicted octanol–water partition coefficient (Wildman–Crippen LogP) is 6.94. The van der Waals surface area contributed by atoms with Crippen molar-refractivity contribution in [3.05, 3.63) is 80.7 Å². The summed E-state index contributed by atoms with van der Waals surface area (Å²) < 4.78 is 27.1. The van der Waals surface area contributed by atoms with Gasteiger partial charge in [0.1, 0.15) is 12.2 Å². The standard InChI is InChI=1S/C26H27ClFN3O3S/c1-3-4-5-8-11-31-24(15-33-22-10-7-6-9-21(22)28)29-30-26(31)35-16-18-13-25(32)34-23-12-17(2)20(27)14-19(18)23/h6-7,9-10,12-14H,3-5,8,11,15-16H2,1-2H3. The van der Waals surface area contributed by atoms with E-state index in [1.807, 2.05) is 17.6 Å². The summed E-state index contributed by atoms with van der Waals surface area (Å²) in [5.41, 5.74) is 1.76. The van der Waals surface area contributed by atoms with Crippen molar-refractivity contribution in [1.29, 1.82) is 0 Å². The average Bonchev–Trinajstić information content (AvgIpc) is 3.22. The fourth-order valence-electron chi connectivity index (χ4n) is 3.77. The third kappa shape index (κ3) is 6.24. The molecule has 35 heavy (non-hydrogen) atoms. The van der Waals surface area contributed by atoms with Gasteiger partial charge < -0.3 is 13.7 Å². The molecule has 4 aromatic rings. The molecule has 2 aromatic carbocycles. The Bertz CT molecular complexity index is 1370. The quantitative estimate of drug-likeness (QED) is 0.122. The van der Waals surface area contributed by atoms with Crippen molar-refractivity contribution in [2.24, 2.45) is 0 Å². The fraction of sp³-hybridized carbons (Fsp3) is 0.346. The first-order valence-corrected chi connectivity index (χ1v) is 13.0. The van der Waals surface area contributed by atoms with E-state index < -0.39 is 11.4 Å². The molecule has 0 saturated carbocycles. The van der Waals surface area contributed by atoms with Crippen molar-refractivity contribution in [2.75, 3.05) is 0 Å². The minimum Gasteiger partial charge on any atom is -0.483 e. The van der Waals surface area contributed by atoms with Gasteiger partial charge in [-0.25, -0.2) is 9.18 Å². The number of fused-ring (bicyclic) bond motifs is 1. The highest BCUT2D eigenvalue weighted by molar-refractivity contribution is 7.98. The van der Waals surface area contributed by atoms with E-state index in [1.54, 1.807) is 24.3 Å². The maximum atomic E-state index is 14.0. The first-order chi connectivity index (χ1) is 17.0. The Hall–Kier alpha value is -2.84. The summed E-state index contributed by atoms with van der Waals surface area (Å²) in [4.78, 5) is 12.1. The molecule has 0 amide bonds. The molecular weight excluding hydrogens is 489 g/mol. The van der Waals surface area contributed by atoms with E-state index in [4.69, 9.17) is 20.8 Å². The van der Waals surface area contributed by atoms with Crippen LogP contribution < -0.4 is 10.4 Å². The molecule has 0 spiro atoms. The SMILES string of the molecule is CCCCCCn1c(COc2ccccc2F)nnc1SCc1cc(=O)oc2cc(C)c(Cl)cc12. The fourth-order valence-corrected chi connectivity index (χ4v) is 4.91. The molecule has 0 fully saturated rings. The average molecular weight is 516 g/mol. The monoisotopic (exact) mass is 515 g/mol. The molecule has 9 heteroatoms. The van der Waals surface area contributed by atoms with Gasteiger partial charge in [0.2, 0.25) is 0 Å². The number of unbranched alkanes of at least 4 members (excludes halogenated alkanes) is 3. The number of halogens is 2. The molecule has 0 saturated heterocycles. The van der Waals surface area contributed by atoms with Gasteiger partial charge in [-0.15, -0.1) is 10.2 Å². The molecule has 184 valence electrons. The lowest BCUT2D eigenvalue weighted by atomic mass is 10.1. The molecular formula is C26H27ClFN3O3S. The van der Waals surface area contributed by atoms with E-state index >= 15 is 0 Å². The van der Waals surface area contributed by atoms with Gasteiger partial charge in [0.05, 0.1) is 0 Å². The second-order valence-corrected chi connectivity index (χ2v) is 9.66. The number of hydrogen-bond donors (Lipinski definition) is 0. The molecule has 0 aliphatic rings. The van der Waals surface area contributed by atoms with Crippen molar-refractivity contribution < 1.29 is 13.5 Å². The minimum atomic E-state index is -0.417. The van der Waals surface area contributed by atoms with Crippen molar-refractivity contribution in [3.8, 4) is 5.75 Å². The number of rotatable bonds is 11. The normalized spacial score (nSPS) is 11.3. The Kier molecular flexibility index (Phi) is 8.46. The number of nitrogens with zero attached hydrogens (tertiary/aromatic N) is 3. The molecule has 0 aliphatic carbocycles. The van der Waals surface area contributed by atoms with E-state index in [0.29, 0.717) is 27.3 Å². The van der Waals surface area contributed by atoms with E-state index in [9.17, 15) is 9.18 Å². The first kappa shape index (κ1) is 25.3.